The van der Waals surface area contributed by atoms with Gasteiger partial charge in [0.1, 0.15) is 5.75 Å². The van der Waals surface area contributed by atoms with Gasteiger partial charge in [-0.2, -0.15) is 0 Å². The number of rotatable bonds is 8. The topological polar surface area (TPSA) is 62.7 Å². The number of ether oxygens (including phenoxy) is 1. The van der Waals surface area contributed by atoms with Crippen molar-refractivity contribution in [2.24, 2.45) is 16.8 Å². The van der Waals surface area contributed by atoms with E-state index in [0.29, 0.717) is 29.3 Å². The lowest BCUT2D eigenvalue weighted by Crippen LogP contribution is -2.30. The first-order valence-electron chi connectivity index (χ1n) is 10.6. The minimum atomic E-state index is -2.66. The number of nitrogens with zero attached hydrogens (tertiary/aromatic N) is 1. The number of hydrogen-bond donors (Lipinski definition) is 2. The molecule has 0 saturated heterocycles. The summed E-state index contributed by atoms with van der Waals surface area (Å²) in [6.45, 7) is 7.88. The fourth-order valence-corrected chi connectivity index (χ4v) is 4.41. The fourth-order valence-electron chi connectivity index (χ4n) is 4.25. The maximum absolute atomic E-state index is 12.9. The predicted octanol–water partition coefficient (Wildman–Crippen LogP) is 6.86. The Bertz CT molecular complexity index is 960. The van der Waals surface area contributed by atoms with Crippen LogP contribution < -0.4 is 15.4 Å². The lowest BCUT2D eigenvalue weighted by molar-refractivity contribution is -0.118. The van der Waals surface area contributed by atoms with Crippen LogP contribution in [0, 0.1) is 11.8 Å². The minimum absolute atomic E-state index is 0.113. The second-order valence-corrected chi connectivity index (χ2v) is 8.88. The lowest BCUT2D eigenvalue weighted by Gasteiger charge is -2.32. The Morgan fingerprint density at radius 1 is 1.16 bits per heavy atom. The van der Waals surface area contributed by atoms with Gasteiger partial charge in [-0.15, -0.1) is 0 Å². The van der Waals surface area contributed by atoms with Gasteiger partial charge in [-0.3, -0.25) is 9.79 Å². The van der Waals surface area contributed by atoms with Gasteiger partial charge in [0, 0.05) is 17.7 Å². The molecular formula is C24H28ClF2N3O2. The van der Waals surface area contributed by atoms with E-state index in [2.05, 4.69) is 36.2 Å². The Morgan fingerprint density at radius 2 is 1.88 bits per heavy atom. The van der Waals surface area contributed by atoms with Crippen molar-refractivity contribution in [3.63, 3.8) is 0 Å². The summed E-state index contributed by atoms with van der Waals surface area (Å²) in [6, 6.07) is 9.39. The van der Waals surface area contributed by atoms with Crippen molar-refractivity contribution >= 4 is 41.3 Å². The van der Waals surface area contributed by atoms with Crippen molar-refractivity contribution in [1.29, 1.82) is 0 Å². The molecule has 32 heavy (non-hydrogen) atoms. The molecule has 0 aromatic heterocycles. The van der Waals surface area contributed by atoms with Crippen molar-refractivity contribution in [3.05, 3.63) is 47.0 Å². The number of alkyl halides is 2. The van der Waals surface area contributed by atoms with Crippen LogP contribution in [-0.4, -0.2) is 25.3 Å². The van der Waals surface area contributed by atoms with E-state index >= 15 is 0 Å². The zero-order chi connectivity index (χ0) is 23.3. The molecule has 8 heteroatoms. The molecule has 0 radical (unpaired) electrons. The number of carbonyl (C=O) groups is 1. The highest BCUT2D eigenvalue weighted by Crippen LogP contribution is 2.35. The molecule has 1 aliphatic rings. The molecular weight excluding hydrogens is 436 g/mol. The monoisotopic (exact) mass is 463 g/mol. The quantitative estimate of drug-likeness (QED) is 0.420. The van der Waals surface area contributed by atoms with Gasteiger partial charge in [0.25, 0.3) is 12.3 Å². The van der Waals surface area contributed by atoms with Gasteiger partial charge < -0.3 is 15.4 Å². The molecule has 0 spiro atoms. The van der Waals surface area contributed by atoms with Gasteiger partial charge >= 0.3 is 0 Å². The van der Waals surface area contributed by atoms with E-state index in [9.17, 15) is 13.6 Å². The molecule has 2 unspecified atom stereocenters. The average Bonchev–Trinajstić information content (AvgIpc) is 2.73. The van der Waals surface area contributed by atoms with E-state index in [1.54, 1.807) is 12.1 Å². The second-order valence-electron chi connectivity index (χ2n) is 8.47. The summed E-state index contributed by atoms with van der Waals surface area (Å²) in [5.74, 6) is 1.28. The van der Waals surface area contributed by atoms with Crippen molar-refractivity contribution in [2.75, 3.05) is 17.2 Å². The molecule has 2 aromatic carbocycles. The summed E-state index contributed by atoms with van der Waals surface area (Å²) in [5.41, 5.74) is 1.40. The summed E-state index contributed by atoms with van der Waals surface area (Å²) in [7, 11) is 0. The van der Waals surface area contributed by atoms with Gasteiger partial charge in [0.05, 0.1) is 22.1 Å². The van der Waals surface area contributed by atoms with Crippen LogP contribution in [0.15, 0.2) is 41.4 Å². The van der Waals surface area contributed by atoms with Crippen LogP contribution in [0.25, 0.3) is 0 Å². The highest BCUT2D eigenvalue weighted by Gasteiger charge is 2.24. The van der Waals surface area contributed by atoms with Crippen molar-refractivity contribution < 1.29 is 18.3 Å². The Kier molecular flexibility index (Phi) is 8.07. The number of aliphatic imine (C=N–C) groups is 1. The van der Waals surface area contributed by atoms with Crippen molar-refractivity contribution in [1.82, 2.24) is 0 Å². The van der Waals surface area contributed by atoms with Crippen LogP contribution in [0.3, 0.4) is 0 Å². The van der Waals surface area contributed by atoms with Gasteiger partial charge in [0.15, 0.2) is 6.61 Å². The van der Waals surface area contributed by atoms with E-state index in [0.717, 1.165) is 24.6 Å². The normalized spacial score (nSPS) is 20.6. The Hall–Kier alpha value is -2.67. The summed E-state index contributed by atoms with van der Waals surface area (Å²) in [5, 5.41) is 6.23. The first-order valence-corrected chi connectivity index (χ1v) is 11.0. The molecule has 5 nitrogen and oxygen atoms in total. The smallest absolute Gasteiger partial charge is 0.263 e. The number of carbonyl (C=O) groups excluding carboxylic acids is 1. The largest absolute Gasteiger partial charge is 0.484 e. The first-order chi connectivity index (χ1) is 15.2. The van der Waals surface area contributed by atoms with Gasteiger partial charge in [-0.1, -0.05) is 31.5 Å². The molecule has 0 heterocycles. The van der Waals surface area contributed by atoms with Crippen LogP contribution in [0.2, 0.25) is 5.02 Å². The third kappa shape index (κ3) is 6.42. The molecule has 1 aliphatic carbocycles. The molecule has 172 valence electrons. The van der Waals surface area contributed by atoms with E-state index in [1.165, 1.54) is 18.6 Å². The van der Waals surface area contributed by atoms with Crippen LogP contribution in [0.5, 0.6) is 5.75 Å². The lowest BCUT2D eigenvalue weighted by atomic mass is 9.80. The standard InChI is InChI=1S/C24H28ClF2N3O2/c1-14-8-15(2)10-17(9-14)29-20-7-5-18(12-22(20)28-3)32-13-23(31)30-21-11-16(24(26)27)4-6-19(21)25/h4-7,11-12,14-15,17,24,29H,3,8-10,13H2,1-2H3,(H,30,31). The van der Waals surface area contributed by atoms with Gasteiger partial charge in [0.2, 0.25) is 0 Å². The van der Waals surface area contributed by atoms with Gasteiger partial charge in [-0.25, -0.2) is 8.78 Å². The number of halogens is 3. The molecule has 3 rings (SSSR count). The number of benzene rings is 2. The molecule has 0 aliphatic heterocycles. The SMILES string of the molecule is C=Nc1cc(OCC(=O)Nc2cc(C(F)F)ccc2Cl)ccc1NC1CC(C)CC(C)C1. The summed E-state index contributed by atoms with van der Waals surface area (Å²) >= 11 is 5.99. The third-order valence-electron chi connectivity index (χ3n) is 5.56. The molecule has 1 amide bonds. The predicted molar refractivity (Wildman–Crippen MR) is 126 cm³/mol. The van der Waals surface area contributed by atoms with Gasteiger partial charge in [-0.05, 0) is 62.1 Å². The zero-order valence-electron chi connectivity index (χ0n) is 18.2. The van der Waals surface area contributed by atoms with Crippen LogP contribution in [-0.2, 0) is 4.79 Å². The number of amides is 1. The van der Waals surface area contributed by atoms with E-state index in [4.69, 9.17) is 16.3 Å². The average molecular weight is 464 g/mol. The van der Waals surface area contributed by atoms with Crippen LogP contribution in [0.4, 0.5) is 25.8 Å². The molecule has 2 aromatic rings. The molecule has 2 N–H and O–H groups in total. The first kappa shape index (κ1) is 24.0. The van der Waals surface area contributed by atoms with Crippen LogP contribution >= 0.6 is 11.6 Å². The van der Waals surface area contributed by atoms with E-state index < -0.39 is 12.3 Å². The number of hydrogen-bond acceptors (Lipinski definition) is 4. The summed E-state index contributed by atoms with van der Waals surface area (Å²) < 4.78 is 31.3. The zero-order valence-corrected chi connectivity index (χ0v) is 19.0. The molecule has 1 fully saturated rings. The Morgan fingerprint density at radius 3 is 2.53 bits per heavy atom. The van der Waals surface area contributed by atoms with Crippen molar-refractivity contribution in [3.8, 4) is 5.75 Å². The third-order valence-corrected chi connectivity index (χ3v) is 5.89. The maximum Gasteiger partial charge on any atom is 0.263 e. The molecule has 1 saturated carbocycles. The fraction of sp³-hybridized carbons (Fsp3) is 0.417. The number of anilines is 2. The van der Waals surface area contributed by atoms with Crippen molar-refractivity contribution in [2.45, 2.75) is 45.6 Å². The number of nitrogens with one attached hydrogen (secondary N) is 2. The second kappa shape index (κ2) is 10.8. The van der Waals surface area contributed by atoms with E-state index in [1.807, 2.05) is 6.07 Å². The van der Waals surface area contributed by atoms with Crippen LogP contribution in [0.1, 0.15) is 45.1 Å². The summed E-state index contributed by atoms with van der Waals surface area (Å²) in [6.07, 6.45) is 0.803. The highest BCUT2D eigenvalue weighted by molar-refractivity contribution is 6.33. The molecule has 2 atom stereocenters. The Balaban J connectivity index is 1.60. The summed E-state index contributed by atoms with van der Waals surface area (Å²) in [4.78, 5) is 16.3. The minimum Gasteiger partial charge on any atom is -0.484 e. The van der Waals surface area contributed by atoms with E-state index in [-0.39, 0.29) is 22.9 Å². The molecule has 0 bridgehead atoms. The Labute approximate surface area is 192 Å². The highest BCUT2D eigenvalue weighted by atomic mass is 35.5. The maximum atomic E-state index is 12.9.